The number of aromatic nitrogens is 4. The van der Waals surface area contributed by atoms with E-state index in [2.05, 4.69) is 30.3 Å². The molecule has 1 amide bonds. The summed E-state index contributed by atoms with van der Waals surface area (Å²) >= 11 is 0. The van der Waals surface area contributed by atoms with Crippen LogP contribution < -0.4 is 15.0 Å². The number of amides is 1. The molecule has 0 spiro atoms. The first-order valence-corrected chi connectivity index (χ1v) is 12.0. The largest absolute Gasteiger partial charge is 0.455 e. The van der Waals surface area contributed by atoms with Gasteiger partial charge in [-0.3, -0.25) is 9.78 Å². The summed E-state index contributed by atoms with van der Waals surface area (Å²) in [5.74, 6) is 1.10. The molecule has 3 aromatic heterocycles. The van der Waals surface area contributed by atoms with Gasteiger partial charge >= 0.3 is 6.01 Å². The average molecular weight is 503 g/mol. The SMILES string of the molecule is Cc1cc(CNC(=O)c2cc(COc3nc(C)cc(N4CC(Cc5ccc(F)cc5)C4)n3)on2)ccn1. The minimum atomic E-state index is -0.341. The van der Waals surface area contributed by atoms with Crippen LogP contribution >= 0.6 is 0 Å². The molecule has 1 aliphatic heterocycles. The van der Waals surface area contributed by atoms with Crippen molar-refractivity contribution in [3.63, 3.8) is 0 Å². The van der Waals surface area contributed by atoms with Crippen LogP contribution in [0.15, 0.2) is 59.3 Å². The van der Waals surface area contributed by atoms with Crippen LogP contribution in [0.5, 0.6) is 6.01 Å². The lowest BCUT2D eigenvalue weighted by atomic mass is 9.92. The van der Waals surface area contributed by atoms with Crippen molar-refractivity contribution < 1.29 is 18.4 Å². The normalized spacial score (nSPS) is 13.3. The van der Waals surface area contributed by atoms with Crippen LogP contribution in [0.1, 0.15) is 38.8 Å². The molecule has 1 fully saturated rings. The van der Waals surface area contributed by atoms with Crippen molar-refractivity contribution in [2.24, 2.45) is 5.92 Å². The maximum atomic E-state index is 13.1. The van der Waals surface area contributed by atoms with E-state index in [0.717, 1.165) is 47.8 Å². The van der Waals surface area contributed by atoms with Gasteiger partial charge in [-0.25, -0.2) is 9.37 Å². The molecular formula is C27H27FN6O3. The fraction of sp³-hybridized carbons (Fsp3) is 0.296. The molecule has 0 unspecified atom stereocenters. The Kier molecular flexibility index (Phi) is 7.07. The molecule has 10 heteroatoms. The zero-order chi connectivity index (χ0) is 25.8. The Bertz CT molecular complexity index is 1390. The third kappa shape index (κ3) is 6.27. The second kappa shape index (κ2) is 10.7. The molecule has 0 saturated carbocycles. The molecule has 1 aromatic carbocycles. The highest BCUT2D eigenvalue weighted by atomic mass is 19.1. The van der Waals surface area contributed by atoms with Crippen molar-refractivity contribution in [3.8, 4) is 6.01 Å². The minimum absolute atomic E-state index is 0.0416. The molecule has 0 aliphatic carbocycles. The first-order valence-electron chi connectivity index (χ1n) is 12.0. The van der Waals surface area contributed by atoms with E-state index in [1.165, 1.54) is 12.1 Å². The summed E-state index contributed by atoms with van der Waals surface area (Å²) in [7, 11) is 0. The number of carbonyl (C=O) groups excluding carboxylic acids is 1. The zero-order valence-corrected chi connectivity index (χ0v) is 20.6. The quantitative estimate of drug-likeness (QED) is 0.368. The first kappa shape index (κ1) is 24.4. The van der Waals surface area contributed by atoms with Crippen LogP contribution in [0.4, 0.5) is 10.2 Å². The molecule has 4 heterocycles. The van der Waals surface area contributed by atoms with Gasteiger partial charge in [-0.15, -0.1) is 0 Å². The maximum absolute atomic E-state index is 13.1. The molecule has 5 rings (SSSR count). The van der Waals surface area contributed by atoms with Gasteiger partial charge in [-0.1, -0.05) is 17.3 Å². The van der Waals surface area contributed by atoms with Crippen molar-refractivity contribution >= 4 is 11.7 Å². The Morgan fingerprint density at radius 2 is 1.89 bits per heavy atom. The Balaban J connectivity index is 1.12. The second-order valence-corrected chi connectivity index (χ2v) is 9.21. The van der Waals surface area contributed by atoms with Crippen molar-refractivity contribution in [3.05, 3.63) is 94.5 Å². The summed E-state index contributed by atoms with van der Waals surface area (Å²) in [4.78, 5) is 27.6. The fourth-order valence-corrected chi connectivity index (χ4v) is 4.20. The van der Waals surface area contributed by atoms with E-state index in [-0.39, 0.29) is 30.0 Å². The summed E-state index contributed by atoms with van der Waals surface area (Å²) in [5.41, 5.74) is 3.91. The summed E-state index contributed by atoms with van der Waals surface area (Å²) in [6, 6.07) is 14.1. The smallest absolute Gasteiger partial charge is 0.319 e. The van der Waals surface area contributed by atoms with Gasteiger partial charge in [0.25, 0.3) is 5.91 Å². The molecule has 9 nitrogen and oxygen atoms in total. The molecule has 0 bridgehead atoms. The average Bonchev–Trinajstić information content (AvgIpc) is 3.33. The number of hydrogen-bond donors (Lipinski definition) is 1. The van der Waals surface area contributed by atoms with E-state index in [9.17, 15) is 9.18 Å². The summed E-state index contributed by atoms with van der Waals surface area (Å²) < 4.78 is 24.1. The number of nitrogens with zero attached hydrogens (tertiary/aromatic N) is 5. The number of aryl methyl sites for hydroxylation is 2. The van der Waals surface area contributed by atoms with E-state index in [1.807, 2.05) is 44.2 Å². The van der Waals surface area contributed by atoms with E-state index < -0.39 is 0 Å². The van der Waals surface area contributed by atoms with Crippen LogP contribution in [0.2, 0.25) is 0 Å². The van der Waals surface area contributed by atoms with Gasteiger partial charge in [0.15, 0.2) is 18.1 Å². The highest BCUT2D eigenvalue weighted by Gasteiger charge is 2.28. The monoisotopic (exact) mass is 502 g/mol. The molecule has 37 heavy (non-hydrogen) atoms. The van der Waals surface area contributed by atoms with Gasteiger partial charge in [-0.2, -0.15) is 4.98 Å². The lowest BCUT2D eigenvalue weighted by molar-refractivity contribution is 0.0941. The lowest BCUT2D eigenvalue weighted by Crippen LogP contribution is -2.48. The number of pyridine rings is 1. The molecule has 0 radical (unpaired) electrons. The van der Waals surface area contributed by atoms with Crippen LogP contribution in [0.3, 0.4) is 0 Å². The first-order chi connectivity index (χ1) is 17.9. The van der Waals surface area contributed by atoms with Crippen molar-refractivity contribution in [1.29, 1.82) is 0 Å². The van der Waals surface area contributed by atoms with Gasteiger partial charge in [0.05, 0.1) is 0 Å². The summed E-state index contributed by atoms with van der Waals surface area (Å²) in [6.07, 6.45) is 2.60. The number of halogens is 1. The highest BCUT2D eigenvalue weighted by Crippen LogP contribution is 2.27. The molecule has 4 aromatic rings. The Morgan fingerprint density at radius 1 is 1.08 bits per heavy atom. The summed E-state index contributed by atoms with van der Waals surface area (Å²) in [6.45, 7) is 5.89. The van der Waals surface area contributed by atoms with Crippen LogP contribution in [-0.4, -0.2) is 39.1 Å². The number of benzene rings is 1. The zero-order valence-electron chi connectivity index (χ0n) is 20.6. The molecule has 1 N–H and O–H groups in total. The Labute approximate surface area is 213 Å². The van der Waals surface area contributed by atoms with E-state index in [0.29, 0.717) is 18.2 Å². The van der Waals surface area contributed by atoms with Crippen molar-refractivity contribution in [2.75, 3.05) is 18.0 Å². The van der Waals surface area contributed by atoms with E-state index in [1.54, 1.807) is 12.3 Å². The molecule has 1 aliphatic rings. The predicted octanol–water partition coefficient (Wildman–Crippen LogP) is 3.80. The predicted molar refractivity (Wildman–Crippen MR) is 134 cm³/mol. The fourth-order valence-electron chi connectivity index (χ4n) is 4.20. The van der Waals surface area contributed by atoms with Crippen molar-refractivity contribution in [1.82, 2.24) is 25.4 Å². The van der Waals surface area contributed by atoms with Crippen LogP contribution in [-0.2, 0) is 19.6 Å². The molecule has 190 valence electrons. The van der Waals surface area contributed by atoms with Gasteiger partial charge in [-0.05, 0) is 61.6 Å². The lowest BCUT2D eigenvalue weighted by Gasteiger charge is -2.40. The van der Waals surface area contributed by atoms with Crippen molar-refractivity contribution in [2.45, 2.75) is 33.4 Å². The second-order valence-electron chi connectivity index (χ2n) is 9.21. The van der Waals surface area contributed by atoms with Crippen LogP contribution in [0, 0.1) is 25.6 Å². The highest BCUT2D eigenvalue weighted by molar-refractivity contribution is 5.92. The van der Waals surface area contributed by atoms with Gasteiger partial charge < -0.3 is 19.5 Å². The third-order valence-corrected chi connectivity index (χ3v) is 6.09. The standard InChI is InChI=1S/C27H27FN6O3/c1-17-9-20(7-8-29-17)13-30-26(35)24-12-23(37-33-24)16-36-27-31-18(2)10-25(32-27)34-14-21(15-34)11-19-3-5-22(28)6-4-19/h3-10,12,21H,11,13-16H2,1-2H3,(H,30,35). The van der Waals surface area contributed by atoms with E-state index >= 15 is 0 Å². The van der Waals surface area contributed by atoms with Gasteiger partial charge in [0.2, 0.25) is 0 Å². The van der Waals surface area contributed by atoms with Gasteiger partial charge in [0, 0.05) is 49.4 Å². The topological polar surface area (TPSA) is 106 Å². The number of carbonyl (C=O) groups is 1. The number of nitrogens with one attached hydrogen (secondary N) is 1. The van der Waals surface area contributed by atoms with Gasteiger partial charge in [0.1, 0.15) is 11.6 Å². The number of hydrogen-bond acceptors (Lipinski definition) is 8. The Morgan fingerprint density at radius 3 is 2.68 bits per heavy atom. The maximum Gasteiger partial charge on any atom is 0.319 e. The molecule has 0 atom stereocenters. The van der Waals surface area contributed by atoms with E-state index in [4.69, 9.17) is 9.26 Å². The minimum Gasteiger partial charge on any atom is -0.455 e. The third-order valence-electron chi connectivity index (χ3n) is 6.09. The molecule has 1 saturated heterocycles. The number of ether oxygens (including phenoxy) is 1. The Hall–Kier alpha value is -4.34. The number of anilines is 1. The summed E-state index contributed by atoms with van der Waals surface area (Å²) in [5, 5.41) is 6.66. The number of rotatable bonds is 9. The molecular weight excluding hydrogens is 475 g/mol. The van der Waals surface area contributed by atoms with Crippen LogP contribution in [0.25, 0.3) is 0 Å².